The number of carbonyl (C=O) groups excluding carboxylic acids is 2. The number of rotatable bonds is 8. The van der Waals surface area contributed by atoms with Crippen LogP contribution in [0.2, 0.25) is 5.02 Å². The van der Waals surface area contributed by atoms with E-state index in [-0.39, 0.29) is 40.5 Å². The number of aliphatic hydroxyl groups is 1. The molecular formula is C25H29ClFN5O4. The molecular weight excluding hydrogens is 489 g/mol. The molecule has 0 radical (unpaired) electrons. The number of amides is 2. The number of fused-ring (bicyclic) bond motifs is 1. The summed E-state index contributed by atoms with van der Waals surface area (Å²) in [6.07, 6.45) is 1.90. The Morgan fingerprint density at radius 3 is 2.72 bits per heavy atom. The van der Waals surface area contributed by atoms with Crippen molar-refractivity contribution >= 4 is 41.1 Å². The molecule has 1 aromatic carbocycles. The highest BCUT2D eigenvalue weighted by Gasteiger charge is 2.36. The number of aliphatic hydroxyl groups excluding tert-OH is 1. The van der Waals surface area contributed by atoms with Crippen LogP contribution in [0.1, 0.15) is 41.3 Å². The number of likely N-dealkylation sites (N-methyl/N-ethyl adjacent to an activating group) is 1. The van der Waals surface area contributed by atoms with E-state index < -0.39 is 18.3 Å². The van der Waals surface area contributed by atoms with Gasteiger partial charge in [0.2, 0.25) is 12.3 Å². The third-order valence-corrected chi connectivity index (χ3v) is 6.50. The van der Waals surface area contributed by atoms with Gasteiger partial charge in [0.25, 0.3) is 5.91 Å². The highest BCUT2D eigenvalue weighted by Crippen LogP contribution is 2.42. The minimum absolute atomic E-state index is 0.115. The first-order valence-corrected chi connectivity index (χ1v) is 11.6. The second-order valence-corrected chi connectivity index (χ2v) is 8.84. The number of hydrogen-bond donors (Lipinski definition) is 1. The van der Waals surface area contributed by atoms with E-state index in [0.29, 0.717) is 29.8 Å². The Morgan fingerprint density at radius 2 is 2.17 bits per heavy atom. The number of amidine groups is 1. The average Bonchev–Trinajstić information content (AvgIpc) is 2.85. The molecule has 0 aliphatic carbocycles. The minimum Gasteiger partial charge on any atom is -0.480 e. The van der Waals surface area contributed by atoms with Gasteiger partial charge in [-0.05, 0) is 44.0 Å². The predicted molar refractivity (Wildman–Crippen MR) is 138 cm³/mol. The Hall–Kier alpha value is -3.50. The molecule has 0 fully saturated rings. The summed E-state index contributed by atoms with van der Waals surface area (Å²) in [5.74, 6) is -1.33. The fraction of sp³-hybridized carbons (Fsp3) is 0.360. The Kier molecular flexibility index (Phi) is 8.31. The largest absolute Gasteiger partial charge is 0.480 e. The van der Waals surface area contributed by atoms with Crippen molar-refractivity contribution in [3.8, 4) is 5.88 Å². The number of halogens is 2. The molecule has 1 aliphatic heterocycles. The van der Waals surface area contributed by atoms with E-state index in [2.05, 4.69) is 16.7 Å². The second kappa shape index (κ2) is 11.0. The summed E-state index contributed by atoms with van der Waals surface area (Å²) >= 11 is 6.52. The third kappa shape index (κ3) is 4.91. The number of anilines is 2. The highest BCUT2D eigenvalue weighted by atomic mass is 35.5. The Morgan fingerprint density at radius 1 is 1.47 bits per heavy atom. The number of benzene rings is 1. The van der Waals surface area contributed by atoms with Gasteiger partial charge in [0.15, 0.2) is 5.84 Å². The highest BCUT2D eigenvalue weighted by molar-refractivity contribution is 6.35. The molecule has 3 rings (SSSR count). The molecule has 1 unspecified atom stereocenters. The normalized spacial score (nSPS) is 15.4. The maximum Gasteiger partial charge on any atom is 0.258 e. The molecule has 1 aliphatic rings. The van der Waals surface area contributed by atoms with Crippen LogP contribution in [-0.2, 0) is 4.79 Å². The SMILES string of the molecule is C=C(C)C1CN(c2c(C)cnc(OC)c2Cl)C(=O)c2cc(F)c(N(C=O)/N=C(/CO)N(C)CC)cc21. The number of pyridine rings is 1. The number of hydrogen-bond acceptors (Lipinski definition) is 6. The standard InChI is InChI=1S/C25H29ClFN5O4/c1-7-30(5)21(12-33)29-32(13-34)20-9-16-17(8-19(20)27)25(35)31(11-18(16)14(2)3)23-15(4)10-28-24(36-6)22(23)26/h8-10,13,18,33H,2,7,11-12H2,1,3-6H3/b29-21-. The van der Waals surface area contributed by atoms with Gasteiger partial charge in [0.05, 0.1) is 12.8 Å². The molecule has 1 aromatic heterocycles. The molecule has 0 saturated carbocycles. The van der Waals surface area contributed by atoms with Gasteiger partial charge in [-0.2, -0.15) is 5.01 Å². The van der Waals surface area contributed by atoms with Crippen LogP contribution >= 0.6 is 11.6 Å². The molecule has 11 heteroatoms. The van der Waals surface area contributed by atoms with Crippen LogP contribution in [0.5, 0.6) is 5.88 Å². The van der Waals surface area contributed by atoms with Gasteiger partial charge in [-0.1, -0.05) is 23.8 Å². The Labute approximate surface area is 214 Å². The van der Waals surface area contributed by atoms with Crippen LogP contribution in [0.15, 0.2) is 35.6 Å². The lowest BCUT2D eigenvalue weighted by Crippen LogP contribution is -2.41. The molecule has 0 saturated heterocycles. The fourth-order valence-corrected chi connectivity index (χ4v) is 4.42. The summed E-state index contributed by atoms with van der Waals surface area (Å²) in [6.45, 7) is 9.74. The van der Waals surface area contributed by atoms with E-state index in [0.717, 1.165) is 16.6 Å². The zero-order valence-corrected chi connectivity index (χ0v) is 21.6. The van der Waals surface area contributed by atoms with Crippen molar-refractivity contribution in [2.24, 2.45) is 5.10 Å². The number of ether oxygens (including phenoxy) is 1. The number of methoxy groups -OCH3 is 1. The van der Waals surface area contributed by atoms with Crippen LogP contribution in [0.4, 0.5) is 15.8 Å². The average molecular weight is 518 g/mol. The smallest absolute Gasteiger partial charge is 0.258 e. The van der Waals surface area contributed by atoms with Crippen molar-refractivity contribution in [3.63, 3.8) is 0 Å². The van der Waals surface area contributed by atoms with Gasteiger partial charge in [-0.15, -0.1) is 5.10 Å². The van der Waals surface area contributed by atoms with Crippen LogP contribution in [-0.4, -0.2) is 67.0 Å². The number of hydrazone groups is 1. The van der Waals surface area contributed by atoms with E-state index >= 15 is 4.39 Å². The lowest BCUT2D eigenvalue weighted by atomic mass is 9.84. The number of aryl methyl sites for hydroxylation is 1. The minimum atomic E-state index is -0.827. The van der Waals surface area contributed by atoms with Crippen molar-refractivity contribution in [2.45, 2.75) is 26.7 Å². The van der Waals surface area contributed by atoms with Crippen molar-refractivity contribution < 1.29 is 23.8 Å². The van der Waals surface area contributed by atoms with Crippen LogP contribution in [0.25, 0.3) is 0 Å². The number of aromatic nitrogens is 1. The summed E-state index contributed by atoms with van der Waals surface area (Å²) in [5.41, 5.74) is 2.27. The molecule has 36 heavy (non-hydrogen) atoms. The van der Waals surface area contributed by atoms with E-state index in [1.54, 1.807) is 25.1 Å². The fourth-order valence-electron chi connectivity index (χ4n) is 4.04. The molecule has 1 atom stereocenters. The first-order valence-electron chi connectivity index (χ1n) is 11.2. The maximum absolute atomic E-state index is 15.4. The zero-order chi connectivity index (χ0) is 26.7. The first kappa shape index (κ1) is 27.1. The second-order valence-electron chi connectivity index (χ2n) is 8.46. The molecule has 192 valence electrons. The summed E-state index contributed by atoms with van der Waals surface area (Å²) in [5, 5.41) is 14.8. The quantitative estimate of drug-likeness (QED) is 0.188. The zero-order valence-electron chi connectivity index (χ0n) is 20.9. The predicted octanol–water partition coefficient (Wildman–Crippen LogP) is 3.73. The molecule has 2 aromatic rings. The van der Waals surface area contributed by atoms with Gasteiger partial charge in [-0.25, -0.2) is 9.37 Å². The molecule has 0 spiro atoms. The van der Waals surface area contributed by atoms with Crippen molar-refractivity contribution in [1.29, 1.82) is 0 Å². The summed E-state index contributed by atoms with van der Waals surface area (Å²) in [6, 6.07) is 2.52. The topological polar surface area (TPSA) is 98.6 Å². The Bertz CT molecular complexity index is 1240. The summed E-state index contributed by atoms with van der Waals surface area (Å²) in [4.78, 5) is 32.7. The third-order valence-electron chi connectivity index (χ3n) is 6.16. The maximum atomic E-state index is 15.4. The van der Waals surface area contributed by atoms with Crippen LogP contribution in [0, 0.1) is 12.7 Å². The lowest BCUT2D eigenvalue weighted by Gasteiger charge is -2.36. The van der Waals surface area contributed by atoms with E-state index in [1.165, 1.54) is 18.1 Å². The summed E-state index contributed by atoms with van der Waals surface area (Å²) in [7, 11) is 3.11. The van der Waals surface area contributed by atoms with Gasteiger partial charge < -0.3 is 19.6 Å². The molecule has 0 bridgehead atoms. The van der Waals surface area contributed by atoms with E-state index in [4.69, 9.17) is 16.3 Å². The molecule has 1 N–H and O–H groups in total. The molecule has 2 heterocycles. The monoisotopic (exact) mass is 517 g/mol. The van der Waals surface area contributed by atoms with Gasteiger partial charge >= 0.3 is 0 Å². The van der Waals surface area contributed by atoms with E-state index in [1.807, 2.05) is 13.8 Å². The van der Waals surface area contributed by atoms with Crippen molar-refractivity contribution in [3.05, 3.63) is 58.0 Å². The molecule has 9 nitrogen and oxygen atoms in total. The van der Waals surface area contributed by atoms with Crippen LogP contribution in [0.3, 0.4) is 0 Å². The lowest BCUT2D eigenvalue weighted by molar-refractivity contribution is -0.107. The van der Waals surface area contributed by atoms with Crippen LogP contribution < -0.4 is 14.6 Å². The molecule has 2 amide bonds. The van der Waals surface area contributed by atoms with E-state index in [9.17, 15) is 14.7 Å². The van der Waals surface area contributed by atoms with Crippen molar-refractivity contribution in [2.75, 3.05) is 43.8 Å². The van der Waals surface area contributed by atoms with Gasteiger partial charge in [0.1, 0.15) is 23.1 Å². The number of carbonyl (C=O) groups is 2. The summed E-state index contributed by atoms with van der Waals surface area (Å²) < 4.78 is 20.6. The van der Waals surface area contributed by atoms with Crippen molar-refractivity contribution in [1.82, 2.24) is 9.88 Å². The first-order chi connectivity index (χ1) is 17.1. The van der Waals surface area contributed by atoms with Gasteiger partial charge in [0, 0.05) is 37.8 Å². The number of nitrogens with zero attached hydrogens (tertiary/aromatic N) is 5. The van der Waals surface area contributed by atoms with Gasteiger partial charge in [-0.3, -0.25) is 9.59 Å². The Balaban J connectivity index is 2.17.